The summed E-state index contributed by atoms with van der Waals surface area (Å²) in [6.45, 7) is 0. The first-order chi connectivity index (χ1) is 9.78. The molecular formula is C14H12N4O2. The summed E-state index contributed by atoms with van der Waals surface area (Å²) in [6, 6.07) is 9.64. The molecule has 0 bridgehead atoms. The van der Waals surface area contributed by atoms with Crippen LogP contribution in [0.1, 0.15) is 0 Å². The Labute approximate surface area is 115 Å². The Kier molecular flexibility index (Phi) is 3.04. The van der Waals surface area contributed by atoms with Gasteiger partial charge in [0.05, 0.1) is 18.8 Å². The molecule has 20 heavy (non-hydrogen) atoms. The fraction of sp³-hybridized carbons (Fsp3) is 0.0714. The third-order valence-corrected chi connectivity index (χ3v) is 2.78. The molecule has 2 aromatic heterocycles. The van der Waals surface area contributed by atoms with Crippen LogP contribution in [0.2, 0.25) is 0 Å². The lowest BCUT2D eigenvalue weighted by molar-refractivity contribution is 0.369. The first-order valence-corrected chi connectivity index (χ1v) is 5.95. The standard InChI is InChI=1S/C14H12N4O2/c1-19-12-13(15)17-8-18-14(12)20-10-6-9-4-2-3-5-11(9)16-7-10/h2-8H,1H3,(H2,15,17,18). The van der Waals surface area contributed by atoms with Crippen LogP contribution < -0.4 is 15.2 Å². The number of ether oxygens (including phenoxy) is 2. The molecule has 0 atom stereocenters. The molecule has 0 spiro atoms. The van der Waals surface area contributed by atoms with Crippen molar-refractivity contribution in [2.75, 3.05) is 12.8 Å². The van der Waals surface area contributed by atoms with E-state index in [1.165, 1.54) is 13.4 Å². The van der Waals surface area contributed by atoms with E-state index in [0.29, 0.717) is 11.5 Å². The molecule has 3 aromatic rings. The van der Waals surface area contributed by atoms with Gasteiger partial charge in [0.1, 0.15) is 12.1 Å². The lowest BCUT2D eigenvalue weighted by Gasteiger charge is -2.10. The summed E-state index contributed by atoms with van der Waals surface area (Å²) in [6.07, 6.45) is 2.95. The topological polar surface area (TPSA) is 83.2 Å². The van der Waals surface area contributed by atoms with Crippen molar-refractivity contribution in [3.63, 3.8) is 0 Å². The Hall–Kier alpha value is -2.89. The van der Waals surface area contributed by atoms with Gasteiger partial charge in [-0.3, -0.25) is 4.98 Å². The van der Waals surface area contributed by atoms with Gasteiger partial charge in [-0.25, -0.2) is 4.98 Å². The van der Waals surface area contributed by atoms with E-state index >= 15 is 0 Å². The van der Waals surface area contributed by atoms with Crippen LogP contribution in [0.25, 0.3) is 10.9 Å². The second-order valence-electron chi connectivity index (χ2n) is 4.06. The minimum absolute atomic E-state index is 0.228. The molecule has 0 saturated heterocycles. The van der Waals surface area contributed by atoms with Crippen LogP contribution in [0.3, 0.4) is 0 Å². The fourth-order valence-corrected chi connectivity index (χ4v) is 1.85. The predicted octanol–water partition coefficient (Wildman–Crippen LogP) is 2.41. The first kappa shape index (κ1) is 12.2. The summed E-state index contributed by atoms with van der Waals surface area (Å²) in [5.41, 5.74) is 6.60. The molecule has 0 unspecified atom stereocenters. The summed E-state index contributed by atoms with van der Waals surface area (Å²) >= 11 is 0. The van der Waals surface area contributed by atoms with Crippen molar-refractivity contribution in [3.8, 4) is 17.4 Å². The lowest BCUT2D eigenvalue weighted by atomic mass is 10.2. The maximum atomic E-state index is 5.70. The molecule has 1 aromatic carbocycles. The molecule has 0 fully saturated rings. The smallest absolute Gasteiger partial charge is 0.268 e. The number of aromatic nitrogens is 3. The summed E-state index contributed by atoms with van der Waals surface area (Å²) in [5, 5.41) is 0.978. The van der Waals surface area contributed by atoms with Crippen LogP contribution in [0, 0.1) is 0 Å². The highest BCUT2D eigenvalue weighted by atomic mass is 16.5. The second-order valence-corrected chi connectivity index (χ2v) is 4.06. The highest BCUT2D eigenvalue weighted by Gasteiger charge is 2.12. The largest absolute Gasteiger partial charge is 0.489 e. The number of pyridine rings is 1. The van der Waals surface area contributed by atoms with Gasteiger partial charge >= 0.3 is 0 Å². The van der Waals surface area contributed by atoms with Gasteiger partial charge in [-0.2, -0.15) is 4.98 Å². The summed E-state index contributed by atoms with van der Waals surface area (Å²) in [5.74, 6) is 1.35. The van der Waals surface area contributed by atoms with Crippen molar-refractivity contribution < 1.29 is 9.47 Å². The number of methoxy groups -OCH3 is 1. The maximum absolute atomic E-state index is 5.70. The Morgan fingerprint density at radius 1 is 1.10 bits per heavy atom. The first-order valence-electron chi connectivity index (χ1n) is 5.95. The molecule has 100 valence electrons. The Balaban J connectivity index is 1.99. The predicted molar refractivity (Wildman–Crippen MR) is 74.8 cm³/mol. The van der Waals surface area contributed by atoms with Crippen LogP contribution in [-0.2, 0) is 0 Å². The monoisotopic (exact) mass is 268 g/mol. The second kappa shape index (κ2) is 5.00. The molecule has 0 aliphatic heterocycles. The average molecular weight is 268 g/mol. The normalized spacial score (nSPS) is 10.4. The van der Waals surface area contributed by atoms with Crippen molar-refractivity contribution in [2.45, 2.75) is 0 Å². The Morgan fingerprint density at radius 2 is 1.95 bits per heavy atom. The minimum atomic E-state index is 0.228. The van der Waals surface area contributed by atoms with E-state index in [-0.39, 0.29) is 11.7 Å². The van der Waals surface area contributed by atoms with E-state index in [9.17, 15) is 0 Å². The minimum Gasteiger partial charge on any atom is -0.489 e. The number of benzene rings is 1. The van der Waals surface area contributed by atoms with E-state index in [4.69, 9.17) is 15.2 Å². The van der Waals surface area contributed by atoms with Gasteiger partial charge in [0, 0.05) is 5.39 Å². The number of para-hydroxylation sites is 1. The van der Waals surface area contributed by atoms with Crippen LogP contribution >= 0.6 is 0 Å². The van der Waals surface area contributed by atoms with E-state index in [2.05, 4.69) is 15.0 Å². The van der Waals surface area contributed by atoms with Crippen LogP contribution in [0.15, 0.2) is 42.9 Å². The van der Waals surface area contributed by atoms with Crippen molar-refractivity contribution in [1.29, 1.82) is 0 Å². The zero-order valence-corrected chi connectivity index (χ0v) is 10.8. The number of fused-ring (bicyclic) bond motifs is 1. The van der Waals surface area contributed by atoms with Crippen molar-refractivity contribution in [3.05, 3.63) is 42.9 Å². The summed E-state index contributed by atoms with van der Waals surface area (Å²) in [7, 11) is 1.49. The molecule has 0 radical (unpaired) electrons. The van der Waals surface area contributed by atoms with E-state index < -0.39 is 0 Å². The number of nitrogens with two attached hydrogens (primary N) is 1. The van der Waals surface area contributed by atoms with Gasteiger partial charge in [0.25, 0.3) is 5.88 Å². The van der Waals surface area contributed by atoms with E-state index in [1.807, 2.05) is 30.3 Å². The lowest BCUT2D eigenvalue weighted by Crippen LogP contribution is -2.00. The van der Waals surface area contributed by atoms with E-state index in [0.717, 1.165) is 10.9 Å². The van der Waals surface area contributed by atoms with Crippen LogP contribution in [0.4, 0.5) is 5.82 Å². The zero-order chi connectivity index (χ0) is 13.9. The fourth-order valence-electron chi connectivity index (χ4n) is 1.85. The average Bonchev–Trinajstić information content (AvgIpc) is 2.47. The molecule has 2 heterocycles. The highest BCUT2D eigenvalue weighted by molar-refractivity contribution is 5.79. The molecule has 6 nitrogen and oxygen atoms in total. The summed E-state index contributed by atoms with van der Waals surface area (Å²) in [4.78, 5) is 12.2. The van der Waals surface area contributed by atoms with Gasteiger partial charge < -0.3 is 15.2 Å². The van der Waals surface area contributed by atoms with Gasteiger partial charge in [-0.15, -0.1) is 0 Å². The molecule has 0 aliphatic rings. The van der Waals surface area contributed by atoms with Crippen molar-refractivity contribution in [1.82, 2.24) is 15.0 Å². The van der Waals surface area contributed by atoms with Gasteiger partial charge in [-0.1, -0.05) is 18.2 Å². The van der Waals surface area contributed by atoms with Gasteiger partial charge in [0.15, 0.2) is 5.82 Å². The maximum Gasteiger partial charge on any atom is 0.268 e. The zero-order valence-electron chi connectivity index (χ0n) is 10.8. The number of anilines is 1. The number of hydrogen-bond donors (Lipinski definition) is 1. The summed E-state index contributed by atoms with van der Waals surface area (Å²) < 4.78 is 10.8. The Bertz CT molecular complexity index is 761. The van der Waals surface area contributed by atoms with Crippen LogP contribution in [0.5, 0.6) is 17.4 Å². The highest BCUT2D eigenvalue weighted by Crippen LogP contribution is 2.32. The third kappa shape index (κ3) is 2.18. The van der Waals surface area contributed by atoms with Crippen LogP contribution in [-0.4, -0.2) is 22.1 Å². The van der Waals surface area contributed by atoms with Crippen molar-refractivity contribution >= 4 is 16.7 Å². The number of rotatable bonds is 3. The quantitative estimate of drug-likeness (QED) is 0.785. The Morgan fingerprint density at radius 3 is 2.80 bits per heavy atom. The molecule has 0 saturated carbocycles. The van der Waals surface area contributed by atoms with Gasteiger partial charge in [-0.05, 0) is 12.1 Å². The molecule has 3 rings (SSSR count). The molecule has 6 heteroatoms. The number of nitrogen functional groups attached to an aromatic ring is 1. The van der Waals surface area contributed by atoms with Gasteiger partial charge in [0.2, 0.25) is 5.75 Å². The number of hydrogen-bond acceptors (Lipinski definition) is 6. The molecular weight excluding hydrogens is 256 g/mol. The number of nitrogens with zero attached hydrogens (tertiary/aromatic N) is 3. The van der Waals surface area contributed by atoms with E-state index in [1.54, 1.807) is 6.20 Å². The molecule has 2 N–H and O–H groups in total. The molecule has 0 amide bonds. The molecule has 0 aliphatic carbocycles. The van der Waals surface area contributed by atoms with Crippen molar-refractivity contribution in [2.24, 2.45) is 0 Å². The third-order valence-electron chi connectivity index (χ3n) is 2.78. The SMILES string of the molecule is COc1c(N)ncnc1Oc1cnc2ccccc2c1.